The highest BCUT2D eigenvalue weighted by Crippen LogP contribution is 2.29. The topological polar surface area (TPSA) is 76.5 Å². The van der Waals surface area contributed by atoms with Crippen LogP contribution in [0, 0.1) is 19.8 Å². The molecule has 6 heteroatoms. The summed E-state index contributed by atoms with van der Waals surface area (Å²) in [5.74, 6) is 0.622. The minimum atomic E-state index is -0.226. The molecule has 0 radical (unpaired) electrons. The Labute approximate surface area is 152 Å². The number of primary amides is 1. The van der Waals surface area contributed by atoms with Gasteiger partial charge in [0.2, 0.25) is 5.91 Å². The summed E-state index contributed by atoms with van der Waals surface area (Å²) >= 11 is 0. The number of piperidine rings is 1. The summed E-state index contributed by atoms with van der Waals surface area (Å²) in [6, 6.07) is 12.2. The Hall–Kier alpha value is -2.89. The first-order valence-corrected chi connectivity index (χ1v) is 9.01. The molecule has 6 nitrogen and oxygen atoms in total. The largest absolute Gasteiger partial charge is 0.369 e. The van der Waals surface area contributed by atoms with Crippen molar-refractivity contribution < 1.29 is 4.79 Å². The second kappa shape index (κ2) is 6.44. The van der Waals surface area contributed by atoms with Crippen LogP contribution < -0.4 is 10.6 Å². The maximum atomic E-state index is 11.7. The number of benzene rings is 1. The van der Waals surface area contributed by atoms with E-state index in [9.17, 15) is 4.79 Å². The number of nitrogens with zero attached hydrogens (tertiary/aromatic N) is 4. The average molecular weight is 349 g/mol. The van der Waals surface area contributed by atoms with Crippen molar-refractivity contribution in [3.05, 3.63) is 47.7 Å². The standard InChI is InChI=1S/C20H23N5O/c1-13-14(2)23-25-18(24-10-6-9-16(12-24)19(21)26)11-17(22-20(13)25)15-7-4-3-5-8-15/h3-5,7-8,11,16H,6,9-10,12H2,1-2H3,(H2,21,26)/t16-/m0/s1. The van der Waals surface area contributed by atoms with Gasteiger partial charge in [-0.25, -0.2) is 4.98 Å². The summed E-state index contributed by atoms with van der Waals surface area (Å²) in [5.41, 5.74) is 10.5. The van der Waals surface area contributed by atoms with Crippen molar-refractivity contribution in [3.63, 3.8) is 0 Å². The SMILES string of the molecule is Cc1nn2c(N3CCC[C@H](C(N)=O)C3)cc(-c3ccccc3)nc2c1C. The third-order valence-electron chi connectivity index (χ3n) is 5.26. The molecule has 134 valence electrons. The van der Waals surface area contributed by atoms with Crippen LogP contribution in [0.2, 0.25) is 0 Å². The van der Waals surface area contributed by atoms with Gasteiger partial charge in [-0.3, -0.25) is 4.79 Å². The summed E-state index contributed by atoms with van der Waals surface area (Å²) in [4.78, 5) is 18.8. The van der Waals surface area contributed by atoms with E-state index in [1.807, 2.05) is 36.6 Å². The lowest BCUT2D eigenvalue weighted by molar-refractivity contribution is -0.122. The predicted octanol–water partition coefficient (Wildman–Crippen LogP) is 2.71. The van der Waals surface area contributed by atoms with Gasteiger partial charge in [0, 0.05) is 30.3 Å². The minimum absolute atomic E-state index is 0.120. The van der Waals surface area contributed by atoms with Gasteiger partial charge in [0.1, 0.15) is 5.82 Å². The Kier molecular flexibility index (Phi) is 4.11. The van der Waals surface area contributed by atoms with Crippen LogP contribution in [0.3, 0.4) is 0 Å². The van der Waals surface area contributed by atoms with Crippen molar-refractivity contribution in [3.8, 4) is 11.3 Å². The van der Waals surface area contributed by atoms with Gasteiger partial charge in [-0.1, -0.05) is 30.3 Å². The Morgan fingerprint density at radius 2 is 2.00 bits per heavy atom. The quantitative estimate of drug-likeness (QED) is 0.789. The van der Waals surface area contributed by atoms with E-state index in [1.54, 1.807) is 0 Å². The first-order valence-electron chi connectivity index (χ1n) is 9.01. The summed E-state index contributed by atoms with van der Waals surface area (Å²) in [6.45, 7) is 5.56. The lowest BCUT2D eigenvalue weighted by Gasteiger charge is -2.33. The summed E-state index contributed by atoms with van der Waals surface area (Å²) < 4.78 is 1.90. The number of aryl methyl sites for hydroxylation is 2. The van der Waals surface area contributed by atoms with Gasteiger partial charge in [-0.15, -0.1) is 0 Å². The second-order valence-electron chi connectivity index (χ2n) is 7.00. The maximum absolute atomic E-state index is 11.7. The molecule has 3 heterocycles. The lowest BCUT2D eigenvalue weighted by atomic mass is 9.97. The maximum Gasteiger partial charge on any atom is 0.222 e. The number of anilines is 1. The van der Waals surface area contributed by atoms with Gasteiger partial charge in [-0.05, 0) is 26.7 Å². The number of rotatable bonds is 3. The monoisotopic (exact) mass is 349 g/mol. The normalized spacial score (nSPS) is 17.6. The molecule has 1 saturated heterocycles. The Morgan fingerprint density at radius 3 is 2.73 bits per heavy atom. The number of hydrogen-bond donors (Lipinski definition) is 1. The zero-order valence-electron chi connectivity index (χ0n) is 15.1. The van der Waals surface area contributed by atoms with Crippen LogP contribution >= 0.6 is 0 Å². The average Bonchev–Trinajstić information content (AvgIpc) is 2.96. The van der Waals surface area contributed by atoms with Crippen molar-refractivity contribution >= 4 is 17.4 Å². The van der Waals surface area contributed by atoms with Crippen molar-refractivity contribution in [2.24, 2.45) is 11.7 Å². The van der Waals surface area contributed by atoms with Gasteiger partial charge in [-0.2, -0.15) is 9.61 Å². The van der Waals surface area contributed by atoms with Crippen LogP contribution in [-0.2, 0) is 4.79 Å². The zero-order chi connectivity index (χ0) is 18.3. The summed E-state index contributed by atoms with van der Waals surface area (Å²) in [7, 11) is 0. The van der Waals surface area contributed by atoms with E-state index >= 15 is 0 Å². The van der Waals surface area contributed by atoms with E-state index in [4.69, 9.17) is 10.7 Å². The molecular weight excluding hydrogens is 326 g/mol. The minimum Gasteiger partial charge on any atom is -0.369 e. The first kappa shape index (κ1) is 16.6. The van der Waals surface area contributed by atoms with E-state index in [-0.39, 0.29) is 11.8 Å². The highest BCUT2D eigenvalue weighted by Gasteiger charge is 2.26. The molecule has 0 bridgehead atoms. The third kappa shape index (κ3) is 2.81. The molecule has 1 aliphatic heterocycles. The van der Waals surface area contributed by atoms with E-state index in [2.05, 4.69) is 28.2 Å². The molecule has 0 spiro atoms. The Bertz CT molecular complexity index is 963. The number of hydrogen-bond acceptors (Lipinski definition) is 4. The predicted molar refractivity (Wildman–Crippen MR) is 102 cm³/mol. The number of nitrogens with two attached hydrogens (primary N) is 1. The molecule has 0 saturated carbocycles. The van der Waals surface area contributed by atoms with Crippen LogP contribution in [0.1, 0.15) is 24.1 Å². The molecule has 1 fully saturated rings. The van der Waals surface area contributed by atoms with Gasteiger partial charge < -0.3 is 10.6 Å². The van der Waals surface area contributed by atoms with Crippen molar-refractivity contribution in [2.45, 2.75) is 26.7 Å². The van der Waals surface area contributed by atoms with Gasteiger partial charge in [0.25, 0.3) is 0 Å². The fourth-order valence-electron chi connectivity index (χ4n) is 3.61. The van der Waals surface area contributed by atoms with Crippen LogP contribution in [0.5, 0.6) is 0 Å². The smallest absolute Gasteiger partial charge is 0.222 e. The molecule has 4 rings (SSSR count). The highest BCUT2D eigenvalue weighted by atomic mass is 16.1. The van der Waals surface area contributed by atoms with Crippen LogP contribution in [-0.4, -0.2) is 33.6 Å². The lowest BCUT2D eigenvalue weighted by Crippen LogP contribution is -2.42. The summed E-state index contributed by atoms with van der Waals surface area (Å²) in [6.07, 6.45) is 1.79. The van der Waals surface area contributed by atoms with E-state index < -0.39 is 0 Å². The van der Waals surface area contributed by atoms with Crippen LogP contribution in [0.25, 0.3) is 16.9 Å². The van der Waals surface area contributed by atoms with Gasteiger partial charge >= 0.3 is 0 Å². The molecule has 1 aliphatic rings. The van der Waals surface area contributed by atoms with E-state index in [1.165, 1.54) is 0 Å². The number of fused-ring (bicyclic) bond motifs is 1. The van der Waals surface area contributed by atoms with Crippen molar-refractivity contribution in [2.75, 3.05) is 18.0 Å². The molecule has 3 aromatic rings. The number of amides is 1. The van der Waals surface area contributed by atoms with Crippen molar-refractivity contribution in [1.82, 2.24) is 14.6 Å². The molecule has 1 aromatic carbocycles. The molecule has 2 N–H and O–H groups in total. The first-order chi connectivity index (χ1) is 12.5. The molecular formula is C20H23N5O. The molecule has 1 atom stereocenters. The molecule has 26 heavy (non-hydrogen) atoms. The van der Waals surface area contributed by atoms with Gasteiger partial charge in [0.05, 0.1) is 17.3 Å². The number of carbonyl (C=O) groups excluding carboxylic acids is 1. The van der Waals surface area contributed by atoms with Crippen LogP contribution in [0.15, 0.2) is 36.4 Å². The Balaban J connectivity index is 1.87. The van der Waals surface area contributed by atoms with E-state index in [0.29, 0.717) is 6.54 Å². The fraction of sp³-hybridized carbons (Fsp3) is 0.350. The van der Waals surface area contributed by atoms with Gasteiger partial charge in [0.15, 0.2) is 5.65 Å². The Morgan fingerprint density at radius 1 is 1.23 bits per heavy atom. The number of carbonyl (C=O) groups is 1. The highest BCUT2D eigenvalue weighted by molar-refractivity contribution is 5.78. The third-order valence-corrected chi connectivity index (χ3v) is 5.26. The summed E-state index contributed by atoms with van der Waals surface area (Å²) in [5, 5.41) is 4.69. The fourth-order valence-corrected chi connectivity index (χ4v) is 3.61. The molecule has 2 aromatic heterocycles. The zero-order valence-corrected chi connectivity index (χ0v) is 15.1. The molecule has 0 aliphatic carbocycles. The molecule has 0 unspecified atom stereocenters. The van der Waals surface area contributed by atoms with Crippen molar-refractivity contribution in [1.29, 1.82) is 0 Å². The molecule has 1 amide bonds. The van der Waals surface area contributed by atoms with Crippen LogP contribution in [0.4, 0.5) is 5.82 Å². The van der Waals surface area contributed by atoms with E-state index in [0.717, 1.165) is 53.4 Å². The number of aromatic nitrogens is 3. The second-order valence-corrected chi connectivity index (χ2v) is 7.00.